The maximum Gasteiger partial charge on any atom is 0.249 e. The standard InChI is InChI=1S/C19H21N3O4/c23-10-11-8-21(9-11)12-2-1-3-13-16(12)19(6-7-19)18(26)22(13)14-4-5-15(24)20-17(14)25/h1-3,11,14,23H,4-10H2,(H,20,24,25). The summed E-state index contributed by atoms with van der Waals surface area (Å²) in [5, 5.41) is 11.7. The number of benzene rings is 1. The maximum absolute atomic E-state index is 13.3. The van der Waals surface area contributed by atoms with Crippen molar-refractivity contribution in [2.24, 2.45) is 5.92 Å². The largest absolute Gasteiger partial charge is 0.396 e. The van der Waals surface area contributed by atoms with E-state index in [9.17, 15) is 19.5 Å². The lowest BCUT2D eigenvalue weighted by Crippen LogP contribution is -2.54. The molecule has 0 radical (unpaired) electrons. The van der Waals surface area contributed by atoms with Crippen molar-refractivity contribution >= 4 is 29.1 Å². The second kappa shape index (κ2) is 5.30. The number of anilines is 2. The minimum Gasteiger partial charge on any atom is -0.396 e. The molecular weight excluding hydrogens is 334 g/mol. The molecule has 7 nitrogen and oxygen atoms in total. The van der Waals surface area contributed by atoms with Gasteiger partial charge in [-0.05, 0) is 31.4 Å². The normalized spacial score (nSPS) is 26.8. The van der Waals surface area contributed by atoms with Crippen molar-refractivity contribution in [3.05, 3.63) is 23.8 Å². The van der Waals surface area contributed by atoms with Crippen molar-refractivity contribution in [1.82, 2.24) is 5.32 Å². The summed E-state index contributed by atoms with van der Waals surface area (Å²) in [6, 6.07) is 5.26. The average Bonchev–Trinajstić information content (AvgIpc) is 3.33. The highest BCUT2D eigenvalue weighted by Crippen LogP contribution is 2.61. The molecule has 2 N–H and O–H groups in total. The molecular formula is C19H21N3O4. The molecule has 1 spiro atoms. The van der Waals surface area contributed by atoms with E-state index < -0.39 is 11.5 Å². The van der Waals surface area contributed by atoms with Gasteiger partial charge in [0.25, 0.3) is 0 Å². The fourth-order valence-corrected chi connectivity index (χ4v) is 4.64. The second-order valence-corrected chi connectivity index (χ2v) is 7.85. The third-order valence-electron chi connectivity index (χ3n) is 6.21. The third-order valence-corrected chi connectivity index (χ3v) is 6.21. The van der Waals surface area contributed by atoms with E-state index in [0.29, 0.717) is 6.42 Å². The number of nitrogens with one attached hydrogen (secondary N) is 1. The molecule has 5 rings (SSSR count). The summed E-state index contributed by atoms with van der Waals surface area (Å²) < 4.78 is 0. The summed E-state index contributed by atoms with van der Waals surface area (Å²) in [5.74, 6) is -0.380. The number of hydrogen-bond donors (Lipinski definition) is 2. The number of amides is 3. The van der Waals surface area contributed by atoms with Crippen LogP contribution in [0.3, 0.4) is 0 Å². The van der Waals surface area contributed by atoms with E-state index in [-0.39, 0.29) is 36.7 Å². The number of fused-ring (bicyclic) bond motifs is 2. The van der Waals surface area contributed by atoms with Gasteiger partial charge in [-0.2, -0.15) is 0 Å². The Hall–Kier alpha value is -2.41. The number of aliphatic hydroxyl groups is 1. The van der Waals surface area contributed by atoms with Crippen molar-refractivity contribution in [1.29, 1.82) is 0 Å². The summed E-state index contributed by atoms with van der Waals surface area (Å²) in [5.41, 5.74) is 2.39. The number of carbonyl (C=O) groups excluding carboxylic acids is 3. The number of aliphatic hydroxyl groups excluding tert-OH is 1. The molecule has 1 atom stereocenters. The molecule has 3 aliphatic heterocycles. The molecule has 3 amide bonds. The van der Waals surface area contributed by atoms with Crippen molar-refractivity contribution in [3.63, 3.8) is 0 Å². The van der Waals surface area contributed by atoms with Gasteiger partial charge in [0, 0.05) is 43.3 Å². The van der Waals surface area contributed by atoms with Gasteiger partial charge in [-0.25, -0.2) is 0 Å². The number of hydrogen-bond acceptors (Lipinski definition) is 5. The summed E-state index contributed by atoms with van der Waals surface area (Å²) in [6.45, 7) is 1.75. The fraction of sp³-hybridized carbons (Fsp3) is 0.526. The Morgan fingerprint density at radius 1 is 1.15 bits per heavy atom. The van der Waals surface area contributed by atoms with Crippen LogP contribution >= 0.6 is 0 Å². The van der Waals surface area contributed by atoms with Crippen LogP contribution in [-0.4, -0.2) is 48.6 Å². The smallest absolute Gasteiger partial charge is 0.249 e. The van der Waals surface area contributed by atoms with Gasteiger partial charge in [0.05, 0.1) is 11.1 Å². The van der Waals surface area contributed by atoms with Crippen LogP contribution in [0.15, 0.2) is 18.2 Å². The molecule has 0 bridgehead atoms. The van der Waals surface area contributed by atoms with E-state index in [1.165, 1.54) is 0 Å². The van der Waals surface area contributed by atoms with Crippen LogP contribution in [0.1, 0.15) is 31.2 Å². The molecule has 3 fully saturated rings. The number of rotatable bonds is 3. The summed E-state index contributed by atoms with van der Waals surface area (Å²) in [4.78, 5) is 41.0. The van der Waals surface area contributed by atoms with Gasteiger partial charge in [0.15, 0.2) is 0 Å². The molecule has 1 aromatic carbocycles. The molecule has 3 heterocycles. The van der Waals surface area contributed by atoms with Crippen LogP contribution in [0.2, 0.25) is 0 Å². The lowest BCUT2D eigenvalue weighted by atomic mass is 9.92. The highest BCUT2D eigenvalue weighted by Gasteiger charge is 2.62. The van der Waals surface area contributed by atoms with Crippen LogP contribution in [-0.2, 0) is 19.8 Å². The van der Waals surface area contributed by atoms with Crippen molar-refractivity contribution in [3.8, 4) is 0 Å². The Morgan fingerprint density at radius 2 is 1.88 bits per heavy atom. The van der Waals surface area contributed by atoms with Crippen molar-refractivity contribution < 1.29 is 19.5 Å². The Balaban J connectivity index is 1.55. The van der Waals surface area contributed by atoms with Gasteiger partial charge in [-0.3, -0.25) is 24.6 Å². The van der Waals surface area contributed by atoms with E-state index >= 15 is 0 Å². The first-order valence-corrected chi connectivity index (χ1v) is 9.22. The predicted octanol–water partition coefficient (Wildman–Crippen LogP) is 0.298. The topological polar surface area (TPSA) is 90.0 Å². The van der Waals surface area contributed by atoms with E-state index in [2.05, 4.69) is 10.2 Å². The zero-order chi connectivity index (χ0) is 18.1. The zero-order valence-electron chi connectivity index (χ0n) is 14.4. The summed E-state index contributed by atoms with van der Waals surface area (Å²) >= 11 is 0. The van der Waals surface area contributed by atoms with Gasteiger partial charge < -0.3 is 10.0 Å². The van der Waals surface area contributed by atoms with E-state index in [4.69, 9.17) is 0 Å². The Morgan fingerprint density at radius 3 is 2.54 bits per heavy atom. The van der Waals surface area contributed by atoms with E-state index in [1.807, 2.05) is 18.2 Å². The molecule has 1 unspecified atom stereocenters. The second-order valence-electron chi connectivity index (χ2n) is 7.85. The van der Waals surface area contributed by atoms with Gasteiger partial charge >= 0.3 is 0 Å². The quantitative estimate of drug-likeness (QED) is 0.761. The molecule has 1 aliphatic carbocycles. The number of carbonyl (C=O) groups is 3. The first kappa shape index (κ1) is 15.8. The predicted molar refractivity (Wildman–Crippen MR) is 93.8 cm³/mol. The molecule has 7 heteroatoms. The SMILES string of the molecule is O=C1CCC(N2C(=O)C3(CC3)c3c(N4CC(CO)C4)cccc32)C(=O)N1. The molecule has 4 aliphatic rings. The van der Waals surface area contributed by atoms with Gasteiger partial charge in [0.2, 0.25) is 17.7 Å². The number of piperidine rings is 1. The molecule has 0 aromatic heterocycles. The molecule has 136 valence electrons. The molecule has 26 heavy (non-hydrogen) atoms. The van der Waals surface area contributed by atoms with Crippen LogP contribution < -0.4 is 15.1 Å². The minimum absolute atomic E-state index is 0.00585. The third kappa shape index (κ3) is 2.00. The minimum atomic E-state index is -0.615. The molecule has 1 saturated carbocycles. The van der Waals surface area contributed by atoms with Gasteiger partial charge in [0.1, 0.15) is 6.04 Å². The average molecular weight is 355 g/mol. The molecule has 1 aromatic rings. The van der Waals surface area contributed by atoms with Crippen LogP contribution in [0.5, 0.6) is 0 Å². The van der Waals surface area contributed by atoms with Crippen LogP contribution in [0.4, 0.5) is 11.4 Å². The van der Waals surface area contributed by atoms with Crippen LogP contribution in [0, 0.1) is 5.92 Å². The van der Waals surface area contributed by atoms with Gasteiger partial charge in [-0.1, -0.05) is 6.07 Å². The first-order valence-electron chi connectivity index (χ1n) is 9.22. The highest BCUT2D eigenvalue weighted by atomic mass is 16.3. The first-order chi connectivity index (χ1) is 12.5. The van der Waals surface area contributed by atoms with Crippen molar-refractivity contribution in [2.75, 3.05) is 29.5 Å². The summed E-state index contributed by atoms with van der Waals surface area (Å²) in [6.07, 6.45) is 2.23. The van der Waals surface area contributed by atoms with E-state index in [1.54, 1.807) is 4.90 Å². The monoisotopic (exact) mass is 355 g/mol. The van der Waals surface area contributed by atoms with E-state index in [0.717, 1.165) is 42.9 Å². The summed E-state index contributed by atoms with van der Waals surface area (Å²) in [7, 11) is 0. The number of nitrogens with zero attached hydrogens (tertiary/aromatic N) is 2. The zero-order valence-corrected chi connectivity index (χ0v) is 14.4. The van der Waals surface area contributed by atoms with Crippen molar-refractivity contribution in [2.45, 2.75) is 37.1 Å². The Labute approximate surface area is 151 Å². The lowest BCUT2D eigenvalue weighted by molar-refractivity contribution is -0.135. The van der Waals surface area contributed by atoms with Gasteiger partial charge in [-0.15, -0.1) is 0 Å². The fourth-order valence-electron chi connectivity index (χ4n) is 4.64. The highest BCUT2D eigenvalue weighted by molar-refractivity contribution is 6.16. The maximum atomic E-state index is 13.3. The molecule has 2 saturated heterocycles. The Bertz CT molecular complexity index is 826. The lowest BCUT2D eigenvalue weighted by Gasteiger charge is -2.41. The number of imide groups is 1. The van der Waals surface area contributed by atoms with Crippen LogP contribution in [0.25, 0.3) is 0 Å². The Kier molecular flexibility index (Phi) is 3.22.